The first kappa shape index (κ1) is 8.45. The smallest absolute Gasteiger partial charge is 0.313 e. The zero-order valence-electron chi connectivity index (χ0n) is 8.12. The number of ketones is 1. The van der Waals surface area contributed by atoms with Crippen LogP contribution >= 0.6 is 0 Å². The van der Waals surface area contributed by atoms with E-state index in [1.807, 2.05) is 0 Å². The van der Waals surface area contributed by atoms with Crippen LogP contribution in [0.15, 0.2) is 0 Å². The number of hydrogen-bond donors (Lipinski definition) is 0. The lowest BCUT2D eigenvalue weighted by atomic mass is 9.46. The van der Waals surface area contributed by atoms with Gasteiger partial charge in [-0.3, -0.25) is 9.59 Å². The van der Waals surface area contributed by atoms with Crippen molar-refractivity contribution in [2.45, 2.75) is 32.1 Å². The molecule has 0 unspecified atom stereocenters. The van der Waals surface area contributed by atoms with E-state index in [1.54, 1.807) is 0 Å². The highest BCUT2D eigenvalue weighted by atomic mass is 16.5. The maximum absolute atomic E-state index is 11.8. The number of rotatable bonds is 0. The maximum atomic E-state index is 11.8. The molecule has 2 aliphatic carbocycles. The fourth-order valence-corrected chi connectivity index (χ4v) is 3.57. The molecule has 3 heteroatoms. The van der Waals surface area contributed by atoms with Crippen LogP contribution in [-0.4, -0.2) is 18.4 Å². The Kier molecular flexibility index (Phi) is 1.56. The van der Waals surface area contributed by atoms with Crippen molar-refractivity contribution in [1.82, 2.24) is 0 Å². The second kappa shape index (κ2) is 2.59. The highest BCUT2D eigenvalue weighted by molar-refractivity contribution is 5.93. The zero-order valence-corrected chi connectivity index (χ0v) is 8.12. The van der Waals surface area contributed by atoms with Gasteiger partial charge in [-0.25, -0.2) is 0 Å². The molecule has 1 heterocycles. The first-order chi connectivity index (χ1) is 6.75. The monoisotopic (exact) mass is 194 g/mol. The van der Waals surface area contributed by atoms with Gasteiger partial charge < -0.3 is 4.74 Å². The van der Waals surface area contributed by atoms with Gasteiger partial charge >= 0.3 is 5.97 Å². The standard InChI is InChI=1S/C11H14O3/c12-9-2-1-4-11-7(6-8(9)11)3-5-14-10(11)13/h7-8H,1-6H2/t7-,8+,11-/m1/s1. The highest BCUT2D eigenvalue weighted by Gasteiger charge is 2.65. The summed E-state index contributed by atoms with van der Waals surface area (Å²) < 4.78 is 5.13. The third-order valence-electron chi connectivity index (χ3n) is 4.35. The van der Waals surface area contributed by atoms with E-state index < -0.39 is 0 Å². The largest absolute Gasteiger partial charge is 0.465 e. The van der Waals surface area contributed by atoms with E-state index in [2.05, 4.69) is 0 Å². The van der Waals surface area contributed by atoms with E-state index in [1.165, 1.54) is 0 Å². The van der Waals surface area contributed by atoms with Crippen molar-refractivity contribution in [3.63, 3.8) is 0 Å². The topological polar surface area (TPSA) is 43.4 Å². The number of Topliss-reactive ketones (excluding diaryl/α,β-unsaturated/α-hetero) is 1. The fraction of sp³-hybridized carbons (Fsp3) is 0.818. The quantitative estimate of drug-likeness (QED) is 0.546. The molecule has 76 valence electrons. The number of hydrogen-bond acceptors (Lipinski definition) is 3. The minimum atomic E-state index is -0.367. The minimum absolute atomic E-state index is 0.00838. The van der Waals surface area contributed by atoms with E-state index in [4.69, 9.17) is 4.74 Å². The molecule has 1 aliphatic heterocycles. The van der Waals surface area contributed by atoms with Crippen LogP contribution in [0.2, 0.25) is 0 Å². The van der Waals surface area contributed by atoms with Gasteiger partial charge in [0.15, 0.2) is 0 Å². The summed E-state index contributed by atoms with van der Waals surface area (Å²) in [6, 6.07) is 0. The molecule has 2 saturated carbocycles. The van der Waals surface area contributed by atoms with Crippen LogP contribution in [0.5, 0.6) is 0 Å². The number of ether oxygens (including phenoxy) is 1. The molecule has 1 saturated heterocycles. The highest BCUT2D eigenvalue weighted by Crippen LogP contribution is 2.61. The molecule has 3 aliphatic rings. The molecule has 0 amide bonds. The second-order valence-corrected chi connectivity index (χ2v) is 4.77. The van der Waals surface area contributed by atoms with E-state index >= 15 is 0 Å². The van der Waals surface area contributed by atoms with Gasteiger partial charge in [0, 0.05) is 12.3 Å². The summed E-state index contributed by atoms with van der Waals surface area (Å²) in [7, 11) is 0. The van der Waals surface area contributed by atoms with Gasteiger partial charge in [-0.1, -0.05) is 0 Å². The number of carbonyl (C=O) groups excluding carboxylic acids is 2. The zero-order chi connectivity index (χ0) is 9.76. The summed E-state index contributed by atoms with van der Waals surface area (Å²) in [4.78, 5) is 23.4. The van der Waals surface area contributed by atoms with Crippen molar-refractivity contribution in [2.75, 3.05) is 6.61 Å². The number of carbonyl (C=O) groups is 2. The first-order valence-electron chi connectivity index (χ1n) is 5.45. The van der Waals surface area contributed by atoms with Gasteiger partial charge in [-0.05, 0) is 31.6 Å². The van der Waals surface area contributed by atoms with Crippen LogP contribution in [0, 0.1) is 17.3 Å². The van der Waals surface area contributed by atoms with E-state index in [-0.39, 0.29) is 17.3 Å². The normalized spacial score (nSPS) is 46.0. The number of cyclic esters (lactones) is 1. The average molecular weight is 194 g/mol. The van der Waals surface area contributed by atoms with Gasteiger partial charge in [-0.15, -0.1) is 0 Å². The predicted molar refractivity (Wildman–Crippen MR) is 48.5 cm³/mol. The Balaban J connectivity index is 1.96. The van der Waals surface area contributed by atoms with Crippen LogP contribution in [0.3, 0.4) is 0 Å². The van der Waals surface area contributed by atoms with E-state index in [0.717, 1.165) is 25.7 Å². The van der Waals surface area contributed by atoms with Crippen LogP contribution in [0.4, 0.5) is 0 Å². The average Bonchev–Trinajstić information content (AvgIpc) is 2.12. The molecular formula is C11H14O3. The Bertz CT molecular complexity index is 310. The Morgan fingerprint density at radius 2 is 2.21 bits per heavy atom. The van der Waals surface area contributed by atoms with Crippen molar-refractivity contribution in [3.05, 3.63) is 0 Å². The SMILES string of the molecule is O=C1CCC[C@@]23C(=O)OCC[C@@H]2C[C@@H]13. The van der Waals surface area contributed by atoms with Crippen LogP contribution in [0.25, 0.3) is 0 Å². The molecule has 0 aromatic carbocycles. The molecule has 3 atom stereocenters. The molecule has 3 nitrogen and oxygen atoms in total. The fourth-order valence-electron chi connectivity index (χ4n) is 3.57. The molecule has 3 rings (SSSR count). The first-order valence-corrected chi connectivity index (χ1v) is 5.45. The molecule has 14 heavy (non-hydrogen) atoms. The van der Waals surface area contributed by atoms with E-state index in [9.17, 15) is 9.59 Å². The maximum Gasteiger partial charge on any atom is 0.313 e. The van der Waals surface area contributed by atoms with Crippen LogP contribution in [0.1, 0.15) is 32.1 Å². The van der Waals surface area contributed by atoms with Crippen molar-refractivity contribution < 1.29 is 14.3 Å². The van der Waals surface area contributed by atoms with Crippen LogP contribution in [-0.2, 0) is 14.3 Å². The Hall–Kier alpha value is -0.860. The Labute approximate surface area is 82.8 Å². The molecule has 0 bridgehead atoms. The third kappa shape index (κ3) is 0.787. The Morgan fingerprint density at radius 3 is 3.00 bits per heavy atom. The summed E-state index contributed by atoms with van der Waals surface area (Å²) in [5, 5.41) is 0. The summed E-state index contributed by atoms with van der Waals surface area (Å²) in [5.41, 5.74) is -0.367. The van der Waals surface area contributed by atoms with Crippen molar-refractivity contribution in [1.29, 1.82) is 0 Å². The lowest BCUT2D eigenvalue weighted by Gasteiger charge is -2.57. The van der Waals surface area contributed by atoms with Gasteiger partial charge in [0.25, 0.3) is 0 Å². The van der Waals surface area contributed by atoms with Gasteiger partial charge in [0.2, 0.25) is 0 Å². The van der Waals surface area contributed by atoms with Gasteiger partial charge in [0.05, 0.1) is 12.0 Å². The van der Waals surface area contributed by atoms with Gasteiger partial charge in [0.1, 0.15) is 5.78 Å². The molecule has 0 N–H and O–H groups in total. The predicted octanol–water partition coefficient (Wildman–Crippen LogP) is 1.31. The molecule has 3 fully saturated rings. The molecular weight excluding hydrogens is 180 g/mol. The van der Waals surface area contributed by atoms with Crippen LogP contribution < -0.4 is 0 Å². The van der Waals surface area contributed by atoms with E-state index in [0.29, 0.717) is 24.7 Å². The molecule has 0 radical (unpaired) electrons. The Morgan fingerprint density at radius 1 is 1.36 bits per heavy atom. The van der Waals surface area contributed by atoms with Crippen molar-refractivity contribution in [2.24, 2.45) is 17.3 Å². The van der Waals surface area contributed by atoms with Crippen molar-refractivity contribution in [3.8, 4) is 0 Å². The minimum Gasteiger partial charge on any atom is -0.465 e. The molecule has 0 aromatic heterocycles. The van der Waals surface area contributed by atoms with Crippen molar-refractivity contribution >= 4 is 11.8 Å². The summed E-state index contributed by atoms with van der Waals surface area (Å²) in [6.45, 7) is 0.562. The second-order valence-electron chi connectivity index (χ2n) is 4.77. The lowest BCUT2D eigenvalue weighted by molar-refractivity contribution is -0.201. The molecule has 0 aromatic rings. The summed E-state index contributed by atoms with van der Waals surface area (Å²) >= 11 is 0. The summed E-state index contributed by atoms with van der Waals surface area (Å²) in [6.07, 6.45) is 4.34. The third-order valence-corrected chi connectivity index (χ3v) is 4.35. The molecule has 1 spiro atoms. The number of esters is 1. The lowest BCUT2D eigenvalue weighted by Crippen LogP contribution is -2.62. The summed E-state index contributed by atoms with van der Waals surface area (Å²) in [5.74, 6) is 0.663. The van der Waals surface area contributed by atoms with Gasteiger partial charge in [-0.2, -0.15) is 0 Å².